The molecule has 1 aliphatic heterocycles. The second-order valence-corrected chi connectivity index (χ2v) is 5.46. The molecule has 0 saturated heterocycles. The maximum atomic E-state index is 12.0. The summed E-state index contributed by atoms with van der Waals surface area (Å²) >= 11 is 0. The molecule has 2 atom stereocenters. The number of esters is 1. The lowest BCUT2D eigenvalue weighted by Gasteiger charge is -2.34. The summed E-state index contributed by atoms with van der Waals surface area (Å²) in [5.41, 5.74) is -0.742. The zero-order chi connectivity index (χ0) is 14.9. The lowest BCUT2D eigenvalue weighted by atomic mass is 9.76. The molecule has 0 radical (unpaired) electrons. The molecule has 1 N–H and O–H groups in total. The highest BCUT2D eigenvalue weighted by atomic mass is 16.7. The molecule has 20 heavy (non-hydrogen) atoms. The molecular weight excluding hydrogens is 260 g/mol. The molecule has 0 bridgehead atoms. The minimum Gasteiger partial charge on any atom is -0.469 e. The summed E-state index contributed by atoms with van der Waals surface area (Å²) in [4.78, 5) is 12.0. The van der Waals surface area contributed by atoms with Crippen molar-refractivity contribution < 1.29 is 24.1 Å². The van der Waals surface area contributed by atoms with Crippen molar-refractivity contribution in [3.63, 3.8) is 0 Å². The van der Waals surface area contributed by atoms with Crippen LogP contribution in [-0.4, -0.2) is 25.0 Å². The lowest BCUT2D eigenvalue weighted by Crippen LogP contribution is -2.41. The Morgan fingerprint density at radius 3 is 2.60 bits per heavy atom. The summed E-state index contributed by atoms with van der Waals surface area (Å²) in [7, 11) is 1.33. The normalized spacial score (nSPS) is 17.7. The first-order valence-electron chi connectivity index (χ1n) is 6.58. The van der Waals surface area contributed by atoms with Crippen LogP contribution in [0, 0.1) is 11.8 Å². The van der Waals surface area contributed by atoms with Gasteiger partial charge in [0.05, 0.1) is 13.0 Å². The van der Waals surface area contributed by atoms with Crippen LogP contribution in [0.15, 0.2) is 18.2 Å². The Kier molecular flexibility index (Phi) is 3.90. The van der Waals surface area contributed by atoms with Gasteiger partial charge in [-0.15, -0.1) is 0 Å². The Hall–Kier alpha value is -1.75. The van der Waals surface area contributed by atoms with E-state index in [-0.39, 0.29) is 12.7 Å². The maximum absolute atomic E-state index is 12.0. The van der Waals surface area contributed by atoms with Crippen LogP contribution in [0.25, 0.3) is 0 Å². The van der Waals surface area contributed by atoms with Crippen LogP contribution < -0.4 is 9.47 Å². The molecule has 1 aromatic rings. The fourth-order valence-corrected chi connectivity index (χ4v) is 2.67. The standard InChI is InChI=1S/C15H20O5/c1-9(2)13(14(16)18-4)15(3,17)10-5-6-11-12(7-10)20-8-19-11/h5-7,9,13,17H,8H2,1-4H3. The summed E-state index contributed by atoms with van der Waals surface area (Å²) in [6.45, 7) is 5.55. The van der Waals surface area contributed by atoms with Gasteiger partial charge in [0.15, 0.2) is 11.5 Å². The van der Waals surface area contributed by atoms with E-state index in [4.69, 9.17) is 14.2 Å². The second kappa shape index (κ2) is 5.32. The van der Waals surface area contributed by atoms with Gasteiger partial charge in [-0.2, -0.15) is 0 Å². The Labute approximate surface area is 118 Å². The van der Waals surface area contributed by atoms with E-state index in [0.29, 0.717) is 17.1 Å². The van der Waals surface area contributed by atoms with E-state index in [1.54, 1.807) is 25.1 Å². The smallest absolute Gasteiger partial charge is 0.312 e. The quantitative estimate of drug-likeness (QED) is 0.855. The van der Waals surface area contributed by atoms with Crippen LogP contribution in [0.2, 0.25) is 0 Å². The summed E-state index contributed by atoms with van der Waals surface area (Å²) in [6.07, 6.45) is 0. The highest BCUT2D eigenvalue weighted by Gasteiger charge is 2.42. The average Bonchev–Trinajstić information content (AvgIpc) is 2.84. The van der Waals surface area contributed by atoms with E-state index >= 15 is 0 Å². The predicted octanol–water partition coefficient (Wildman–Crippen LogP) is 2.07. The topological polar surface area (TPSA) is 65.0 Å². The highest BCUT2D eigenvalue weighted by molar-refractivity contribution is 5.74. The molecular formula is C15H20O5. The SMILES string of the molecule is COC(=O)C(C(C)C)C(C)(O)c1ccc2c(c1)OCO2. The number of ether oxygens (including phenoxy) is 3. The number of hydrogen-bond acceptors (Lipinski definition) is 5. The Balaban J connectivity index is 2.39. The van der Waals surface area contributed by atoms with Gasteiger partial charge in [0.25, 0.3) is 0 Å². The summed E-state index contributed by atoms with van der Waals surface area (Å²) in [6, 6.07) is 5.19. The van der Waals surface area contributed by atoms with Crippen molar-refractivity contribution in [1.29, 1.82) is 0 Å². The van der Waals surface area contributed by atoms with Crippen LogP contribution in [0.3, 0.4) is 0 Å². The van der Waals surface area contributed by atoms with Gasteiger partial charge in [-0.25, -0.2) is 0 Å². The van der Waals surface area contributed by atoms with Gasteiger partial charge in [-0.05, 0) is 30.5 Å². The molecule has 1 aliphatic rings. The molecule has 2 rings (SSSR count). The summed E-state index contributed by atoms with van der Waals surface area (Å²) < 4.78 is 15.4. The molecule has 5 heteroatoms. The number of carbonyl (C=O) groups excluding carboxylic acids is 1. The number of fused-ring (bicyclic) bond motifs is 1. The van der Waals surface area contributed by atoms with Crippen LogP contribution >= 0.6 is 0 Å². The van der Waals surface area contributed by atoms with E-state index in [9.17, 15) is 9.90 Å². The zero-order valence-corrected chi connectivity index (χ0v) is 12.2. The second-order valence-electron chi connectivity index (χ2n) is 5.46. The predicted molar refractivity (Wildman–Crippen MR) is 72.5 cm³/mol. The van der Waals surface area contributed by atoms with Crippen LogP contribution in [-0.2, 0) is 15.1 Å². The van der Waals surface area contributed by atoms with E-state index in [2.05, 4.69) is 0 Å². The van der Waals surface area contributed by atoms with E-state index in [1.165, 1.54) is 7.11 Å². The van der Waals surface area contributed by atoms with Crippen LogP contribution in [0.5, 0.6) is 11.5 Å². The molecule has 5 nitrogen and oxygen atoms in total. The molecule has 0 aliphatic carbocycles. The fraction of sp³-hybridized carbons (Fsp3) is 0.533. The third-order valence-electron chi connectivity index (χ3n) is 3.68. The van der Waals surface area contributed by atoms with Crippen molar-refractivity contribution in [3.05, 3.63) is 23.8 Å². The molecule has 2 unspecified atom stereocenters. The molecule has 1 aromatic carbocycles. The van der Waals surface area contributed by atoms with Crippen molar-refractivity contribution in [1.82, 2.24) is 0 Å². The number of benzene rings is 1. The minimum atomic E-state index is -1.34. The van der Waals surface area contributed by atoms with Gasteiger partial charge in [0.1, 0.15) is 5.60 Å². The number of rotatable bonds is 4. The van der Waals surface area contributed by atoms with Gasteiger partial charge in [0.2, 0.25) is 6.79 Å². The number of methoxy groups -OCH3 is 1. The van der Waals surface area contributed by atoms with Gasteiger partial charge in [-0.3, -0.25) is 4.79 Å². The van der Waals surface area contributed by atoms with E-state index in [0.717, 1.165) is 0 Å². The molecule has 0 saturated carbocycles. The summed E-state index contributed by atoms with van der Waals surface area (Å²) in [5, 5.41) is 10.9. The number of hydrogen-bond donors (Lipinski definition) is 1. The van der Waals surface area contributed by atoms with Gasteiger partial charge in [0, 0.05) is 0 Å². The molecule has 0 aromatic heterocycles. The van der Waals surface area contributed by atoms with E-state index in [1.807, 2.05) is 13.8 Å². The fourth-order valence-electron chi connectivity index (χ4n) is 2.67. The van der Waals surface area contributed by atoms with Crippen LogP contribution in [0.1, 0.15) is 26.3 Å². The van der Waals surface area contributed by atoms with Crippen molar-refractivity contribution in [3.8, 4) is 11.5 Å². The van der Waals surface area contributed by atoms with Crippen molar-refractivity contribution in [2.75, 3.05) is 13.9 Å². The first-order valence-corrected chi connectivity index (χ1v) is 6.58. The Morgan fingerprint density at radius 1 is 1.35 bits per heavy atom. The van der Waals surface area contributed by atoms with Gasteiger partial charge < -0.3 is 19.3 Å². The first kappa shape index (κ1) is 14.7. The lowest BCUT2D eigenvalue weighted by molar-refractivity contribution is -0.159. The minimum absolute atomic E-state index is 0.0668. The Bertz CT molecular complexity index is 507. The molecule has 1 heterocycles. The third-order valence-corrected chi connectivity index (χ3v) is 3.68. The highest BCUT2D eigenvalue weighted by Crippen LogP contribution is 2.40. The molecule has 0 fully saturated rings. The van der Waals surface area contributed by atoms with E-state index < -0.39 is 17.5 Å². The van der Waals surface area contributed by atoms with Crippen LogP contribution in [0.4, 0.5) is 0 Å². The molecule has 0 spiro atoms. The third kappa shape index (κ3) is 2.45. The maximum Gasteiger partial charge on any atom is 0.312 e. The molecule has 0 amide bonds. The van der Waals surface area contributed by atoms with Gasteiger partial charge in [-0.1, -0.05) is 19.9 Å². The Morgan fingerprint density at radius 2 is 2.00 bits per heavy atom. The zero-order valence-electron chi connectivity index (χ0n) is 12.2. The van der Waals surface area contributed by atoms with Crippen molar-refractivity contribution in [2.24, 2.45) is 11.8 Å². The largest absolute Gasteiger partial charge is 0.469 e. The monoisotopic (exact) mass is 280 g/mol. The summed E-state index contributed by atoms with van der Waals surface area (Å²) in [5.74, 6) is 0.0669. The van der Waals surface area contributed by atoms with Gasteiger partial charge >= 0.3 is 5.97 Å². The number of carbonyl (C=O) groups is 1. The average molecular weight is 280 g/mol. The molecule has 110 valence electrons. The van der Waals surface area contributed by atoms with Crippen molar-refractivity contribution in [2.45, 2.75) is 26.4 Å². The van der Waals surface area contributed by atoms with Crippen molar-refractivity contribution >= 4 is 5.97 Å². The number of aliphatic hydroxyl groups is 1. The first-order chi connectivity index (χ1) is 9.37.